The summed E-state index contributed by atoms with van der Waals surface area (Å²) in [6, 6.07) is 20.2. The normalized spacial score (nSPS) is 12.9. The van der Waals surface area contributed by atoms with Crippen molar-refractivity contribution in [2.45, 2.75) is 45.3 Å². The zero-order valence-corrected chi connectivity index (χ0v) is 23.9. The lowest BCUT2D eigenvalue weighted by Gasteiger charge is -2.42. The molecule has 0 aliphatic heterocycles. The smallest absolute Gasteiger partial charge is 0.328 e. The van der Waals surface area contributed by atoms with Crippen LogP contribution in [0.25, 0.3) is 0 Å². The van der Waals surface area contributed by atoms with Crippen molar-refractivity contribution < 1.29 is 33.0 Å². The number of hydrogen-bond acceptors (Lipinski definition) is 7. The fourth-order valence-corrected chi connectivity index (χ4v) is 9.18. The van der Waals surface area contributed by atoms with E-state index in [9.17, 15) is 14.4 Å². The molecule has 0 N–H and O–H groups in total. The third kappa shape index (κ3) is 6.24. The number of esters is 3. The van der Waals surface area contributed by atoms with E-state index < -0.39 is 44.2 Å². The first-order chi connectivity index (χ1) is 18.0. The van der Waals surface area contributed by atoms with E-state index in [2.05, 4.69) is 51.0 Å². The molecule has 38 heavy (non-hydrogen) atoms. The van der Waals surface area contributed by atoms with Gasteiger partial charge in [-0.1, -0.05) is 87.5 Å². The highest BCUT2D eigenvalue weighted by molar-refractivity contribution is 6.99. The molecule has 0 saturated carbocycles. The van der Waals surface area contributed by atoms with Gasteiger partial charge in [-0.3, -0.25) is 14.4 Å². The van der Waals surface area contributed by atoms with Crippen LogP contribution in [-0.4, -0.2) is 53.2 Å². The molecule has 7 nitrogen and oxygen atoms in total. The summed E-state index contributed by atoms with van der Waals surface area (Å²) in [5, 5.41) is 1.92. The van der Waals surface area contributed by atoms with Crippen molar-refractivity contribution >= 4 is 36.6 Å². The van der Waals surface area contributed by atoms with Crippen LogP contribution in [0.2, 0.25) is 5.04 Å². The van der Waals surface area contributed by atoms with Crippen molar-refractivity contribution in [1.29, 1.82) is 0 Å². The van der Waals surface area contributed by atoms with Gasteiger partial charge in [0.15, 0.2) is 0 Å². The first-order valence-corrected chi connectivity index (χ1v) is 14.1. The molecule has 2 aromatic carbocycles. The van der Waals surface area contributed by atoms with Gasteiger partial charge in [-0.05, 0) is 21.5 Å². The van der Waals surface area contributed by atoms with Gasteiger partial charge >= 0.3 is 17.9 Å². The summed E-state index contributed by atoms with van der Waals surface area (Å²) in [7, 11) is -0.602. The molecule has 0 aromatic heterocycles. The number of methoxy groups -OCH3 is 2. The quantitative estimate of drug-likeness (QED) is 0.109. The molecule has 202 valence electrons. The van der Waals surface area contributed by atoms with E-state index >= 15 is 0 Å². The SMILES string of the molecule is C#CCC(C(=O)OC)(C(=O)OC)[C@@H](/C=C/CO[Si](c1ccccc1)(c1ccccc1)C(C)(C)C)OC(C)=O. The maximum atomic E-state index is 12.9. The van der Waals surface area contributed by atoms with Crippen LogP contribution in [0.4, 0.5) is 0 Å². The molecule has 0 bridgehead atoms. The van der Waals surface area contributed by atoms with Crippen LogP contribution in [0.15, 0.2) is 72.8 Å². The minimum absolute atomic E-state index is 0.111. The van der Waals surface area contributed by atoms with Crippen LogP contribution in [0, 0.1) is 17.8 Å². The number of benzene rings is 2. The fourth-order valence-electron chi connectivity index (χ4n) is 4.68. The third-order valence-corrected chi connectivity index (χ3v) is 11.4. The summed E-state index contributed by atoms with van der Waals surface area (Å²) >= 11 is 0. The van der Waals surface area contributed by atoms with E-state index in [4.69, 9.17) is 25.1 Å². The Kier molecular flexibility index (Phi) is 10.6. The van der Waals surface area contributed by atoms with Crippen molar-refractivity contribution in [3.8, 4) is 12.3 Å². The number of ether oxygens (including phenoxy) is 3. The van der Waals surface area contributed by atoms with Crippen LogP contribution in [0.1, 0.15) is 34.1 Å². The van der Waals surface area contributed by atoms with Gasteiger partial charge in [0, 0.05) is 13.3 Å². The Morgan fingerprint density at radius 1 is 0.921 bits per heavy atom. The van der Waals surface area contributed by atoms with Crippen molar-refractivity contribution in [2.75, 3.05) is 20.8 Å². The molecule has 0 spiro atoms. The highest BCUT2D eigenvalue weighted by Crippen LogP contribution is 2.37. The lowest BCUT2D eigenvalue weighted by molar-refractivity contribution is -0.180. The predicted octanol–water partition coefficient (Wildman–Crippen LogP) is 3.41. The molecule has 1 atom stereocenters. The van der Waals surface area contributed by atoms with Gasteiger partial charge in [0.2, 0.25) is 5.41 Å². The average Bonchev–Trinajstić information content (AvgIpc) is 2.90. The Morgan fingerprint density at radius 2 is 1.39 bits per heavy atom. The monoisotopic (exact) mass is 536 g/mol. The Morgan fingerprint density at radius 3 is 1.76 bits per heavy atom. The van der Waals surface area contributed by atoms with Gasteiger partial charge in [-0.25, -0.2) is 0 Å². The molecule has 0 saturated heterocycles. The molecule has 0 aliphatic rings. The molecule has 2 rings (SSSR count). The van der Waals surface area contributed by atoms with Gasteiger partial charge in [-0.2, -0.15) is 0 Å². The van der Waals surface area contributed by atoms with Crippen LogP contribution in [-0.2, 0) is 33.0 Å². The van der Waals surface area contributed by atoms with E-state index in [0.29, 0.717) is 0 Å². The summed E-state index contributed by atoms with van der Waals surface area (Å²) in [5.74, 6) is -0.321. The third-order valence-electron chi connectivity index (χ3n) is 6.38. The minimum Gasteiger partial charge on any atom is -0.468 e. The molecule has 0 heterocycles. The lowest BCUT2D eigenvalue weighted by Crippen LogP contribution is -2.66. The van der Waals surface area contributed by atoms with Gasteiger partial charge in [0.1, 0.15) is 6.10 Å². The van der Waals surface area contributed by atoms with E-state index in [0.717, 1.165) is 24.6 Å². The van der Waals surface area contributed by atoms with Crippen LogP contribution >= 0.6 is 0 Å². The van der Waals surface area contributed by atoms with Crippen LogP contribution < -0.4 is 10.4 Å². The van der Waals surface area contributed by atoms with E-state index in [1.807, 2.05) is 36.4 Å². The predicted molar refractivity (Wildman–Crippen MR) is 148 cm³/mol. The topological polar surface area (TPSA) is 88.1 Å². The molecular formula is C30H36O7Si. The summed E-state index contributed by atoms with van der Waals surface area (Å²) in [6.07, 6.45) is 6.80. The van der Waals surface area contributed by atoms with Crippen LogP contribution in [0.5, 0.6) is 0 Å². The molecule has 8 heteroatoms. The molecule has 0 fully saturated rings. The second kappa shape index (κ2) is 13.2. The number of carbonyl (C=O) groups is 3. The van der Waals surface area contributed by atoms with Crippen molar-refractivity contribution in [3.63, 3.8) is 0 Å². The number of hydrogen-bond donors (Lipinski definition) is 0. The second-order valence-corrected chi connectivity index (χ2v) is 14.1. The number of carbonyl (C=O) groups excluding carboxylic acids is 3. The maximum absolute atomic E-state index is 12.9. The number of terminal acetylenes is 1. The Labute approximate surface area is 226 Å². The van der Waals surface area contributed by atoms with Gasteiger partial charge in [0.05, 0.1) is 20.8 Å². The summed E-state index contributed by atoms with van der Waals surface area (Å²) in [4.78, 5) is 37.7. The molecular weight excluding hydrogens is 500 g/mol. The first-order valence-electron chi connectivity index (χ1n) is 12.2. The first kappa shape index (κ1) is 30.6. The summed E-state index contributed by atoms with van der Waals surface area (Å²) in [6.45, 7) is 7.74. The largest absolute Gasteiger partial charge is 0.468 e. The summed E-state index contributed by atoms with van der Waals surface area (Å²) < 4.78 is 22.0. The lowest BCUT2D eigenvalue weighted by atomic mass is 9.78. The van der Waals surface area contributed by atoms with Gasteiger partial charge in [0.25, 0.3) is 8.32 Å². The van der Waals surface area contributed by atoms with E-state index in [-0.39, 0.29) is 11.6 Å². The van der Waals surface area contributed by atoms with Crippen molar-refractivity contribution in [2.24, 2.45) is 5.41 Å². The zero-order valence-electron chi connectivity index (χ0n) is 22.9. The second-order valence-electron chi connectivity index (χ2n) is 9.77. The molecule has 0 radical (unpaired) electrons. The summed E-state index contributed by atoms with van der Waals surface area (Å²) in [5.41, 5.74) is -2.07. The van der Waals surface area contributed by atoms with E-state index in [1.165, 1.54) is 13.0 Å². The molecule has 0 amide bonds. The molecule has 2 aromatic rings. The van der Waals surface area contributed by atoms with Crippen molar-refractivity contribution in [1.82, 2.24) is 0 Å². The van der Waals surface area contributed by atoms with Gasteiger partial charge in [-0.15, -0.1) is 12.3 Å². The Balaban J connectivity index is 2.57. The van der Waals surface area contributed by atoms with Crippen LogP contribution in [0.3, 0.4) is 0 Å². The standard InChI is InChI=1S/C30H36O7Si/c1-8-21-30(27(32)34-6,28(33)35-7)26(37-23(2)31)20-15-22-36-38(29(3,4)5,24-16-11-9-12-17-24)25-18-13-10-14-19-25/h1,9-20,26H,21-22H2,2-7H3/b20-15+/t26-/m1/s1. The number of rotatable bonds is 11. The Bertz CT molecular complexity index is 1110. The van der Waals surface area contributed by atoms with Crippen molar-refractivity contribution in [3.05, 3.63) is 72.8 Å². The zero-order chi connectivity index (χ0) is 28.4. The Hall–Kier alpha value is -3.67. The van der Waals surface area contributed by atoms with Gasteiger partial charge < -0.3 is 18.6 Å². The van der Waals surface area contributed by atoms with E-state index in [1.54, 1.807) is 6.08 Å². The molecule has 0 unspecified atom stereocenters. The minimum atomic E-state index is -2.85. The fraction of sp³-hybridized carbons (Fsp3) is 0.367. The maximum Gasteiger partial charge on any atom is 0.328 e. The highest BCUT2D eigenvalue weighted by atomic mass is 28.4. The highest BCUT2D eigenvalue weighted by Gasteiger charge is 2.56. The molecule has 0 aliphatic carbocycles. The average molecular weight is 537 g/mol.